The van der Waals surface area contributed by atoms with Crippen molar-refractivity contribution in [2.24, 2.45) is 10.7 Å². The summed E-state index contributed by atoms with van der Waals surface area (Å²) >= 11 is 1.80. The van der Waals surface area contributed by atoms with Gasteiger partial charge in [0.15, 0.2) is 5.96 Å². The Morgan fingerprint density at radius 3 is 2.19 bits per heavy atom. The van der Waals surface area contributed by atoms with Crippen LogP contribution in [0.5, 0.6) is 5.75 Å². The molecule has 0 fully saturated rings. The van der Waals surface area contributed by atoms with Gasteiger partial charge in [0.25, 0.3) is 0 Å². The molecule has 5 heteroatoms. The van der Waals surface area contributed by atoms with Crippen molar-refractivity contribution in [3.8, 4) is 5.75 Å². The number of guanidine groups is 1. The highest BCUT2D eigenvalue weighted by atomic mass is 32.2. The first kappa shape index (κ1) is 21.5. The summed E-state index contributed by atoms with van der Waals surface area (Å²) in [6.07, 6.45) is 0. The normalized spacial score (nSPS) is 11.2. The molecule has 0 heterocycles. The lowest BCUT2D eigenvalue weighted by atomic mass is 10.2. The van der Waals surface area contributed by atoms with Crippen LogP contribution in [0.25, 0.3) is 0 Å². The number of nitrogens with one attached hydrogen (secondary N) is 1. The number of hydrogen-bond donors (Lipinski definition) is 2. The minimum Gasteiger partial charge on any atom is -0.489 e. The average Bonchev–Trinajstić information content (AvgIpc) is 2.84. The lowest BCUT2D eigenvalue weighted by Crippen LogP contribution is -2.21. The highest BCUT2D eigenvalue weighted by Gasteiger charge is 2.01. The third kappa shape index (κ3) is 6.65. The fourth-order valence-electron chi connectivity index (χ4n) is 3.08. The zero-order valence-electron chi connectivity index (χ0n) is 17.6. The molecule has 4 nitrogen and oxygen atoms in total. The number of anilines is 1. The van der Waals surface area contributed by atoms with E-state index in [0.29, 0.717) is 12.6 Å². The zero-order valence-corrected chi connectivity index (χ0v) is 18.5. The molecular weight excluding hydrogens is 414 g/mol. The molecule has 0 amide bonds. The Hall–Kier alpha value is -3.70. The first-order valence-electron chi connectivity index (χ1n) is 10.4. The standard InChI is InChI=1S/C27H25N3OS/c28-27(29-23-14-16-26(17-15-23)32-20-22-10-5-2-6-11-22)30-24-12-7-13-25(18-24)31-19-21-8-3-1-4-9-21/h1-18H,19-20H2,(H3,28,29,30). The van der Waals surface area contributed by atoms with Gasteiger partial charge in [0, 0.05) is 22.4 Å². The monoisotopic (exact) mass is 439 g/mol. The maximum absolute atomic E-state index is 6.12. The molecule has 0 aliphatic rings. The minimum absolute atomic E-state index is 0.329. The van der Waals surface area contributed by atoms with Gasteiger partial charge in [0.2, 0.25) is 0 Å². The smallest absolute Gasteiger partial charge is 0.198 e. The maximum Gasteiger partial charge on any atom is 0.198 e. The van der Waals surface area contributed by atoms with Crippen LogP contribution in [0.1, 0.15) is 11.1 Å². The van der Waals surface area contributed by atoms with Crippen molar-refractivity contribution in [1.29, 1.82) is 0 Å². The van der Waals surface area contributed by atoms with E-state index in [1.807, 2.05) is 72.8 Å². The van der Waals surface area contributed by atoms with Crippen LogP contribution in [0.4, 0.5) is 11.4 Å². The summed E-state index contributed by atoms with van der Waals surface area (Å²) in [7, 11) is 0. The second kappa shape index (κ2) is 11.1. The molecule has 4 aromatic rings. The van der Waals surface area contributed by atoms with Crippen LogP contribution >= 0.6 is 11.8 Å². The number of aliphatic imine (C=N–C) groups is 1. The second-order valence-corrected chi connectivity index (χ2v) is 8.24. The summed E-state index contributed by atoms with van der Waals surface area (Å²) < 4.78 is 5.88. The van der Waals surface area contributed by atoms with Gasteiger partial charge < -0.3 is 15.8 Å². The Balaban J connectivity index is 1.32. The van der Waals surface area contributed by atoms with Crippen molar-refractivity contribution in [3.05, 3.63) is 120 Å². The van der Waals surface area contributed by atoms with Gasteiger partial charge in [-0.1, -0.05) is 66.7 Å². The van der Waals surface area contributed by atoms with Crippen LogP contribution < -0.4 is 15.8 Å². The fourth-order valence-corrected chi connectivity index (χ4v) is 3.93. The van der Waals surface area contributed by atoms with Gasteiger partial charge in [0.1, 0.15) is 12.4 Å². The van der Waals surface area contributed by atoms with Crippen LogP contribution in [0.3, 0.4) is 0 Å². The first-order valence-corrected chi connectivity index (χ1v) is 11.4. The quantitative estimate of drug-likeness (QED) is 0.184. The molecule has 0 unspecified atom stereocenters. The van der Waals surface area contributed by atoms with Crippen LogP contribution in [0.15, 0.2) is 119 Å². The highest BCUT2D eigenvalue weighted by Crippen LogP contribution is 2.25. The zero-order chi connectivity index (χ0) is 22.0. The van der Waals surface area contributed by atoms with E-state index in [1.165, 1.54) is 10.5 Å². The van der Waals surface area contributed by atoms with E-state index in [9.17, 15) is 0 Å². The molecule has 0 saturated heterocycles. The van der Waals surface area contributed by atoms with Crippen LogP contribution in [-0.4, -0.2) is 5.96 Å². The van der Waals surface area contributed by atoms with Crippen LogP contribution in [-0.2, 0) is 12.4 Å². The van der Waals surface area contributed by atoms with E-state index in [-0.39, 0.29) is 0 Å². The molecule has 0 bridgehead atoms. The first-order chi connectivity index (χ1) is 15.7. The van der Waals surface area contributed by atoms with E-state index in [4.69, 9.17) is 10.5 Å². The number of rotatable bonds is 8. The molecule has 0 atom stereocenters. The highest BCUT2D eigenvalue weighted by molar-refractivity contribution is 7.98. The number of thioether (sulfide) groups is 1. The lowest BCUT2D eigenvalue weighted by Gasteiger charge is -2.10. The molecule has 0 saturated carbocycles. The fraction of sp³-hybridized carbons (Fsp3) is 0.0741. The van der Waals surface area contributed by atoms with Crippen LogP contribution in [0.2, 0.25) is 0 Å². The summed E-state index contributed by atoms with van der Waals surface area (Å²) in [5.74, 6) is 2.04. The number of nitrogens with two attached hydrogens (primary N) is 1. The third-order valence-corrected chi connectivity index (χ3v) is 5.77. The average molecular weight is 440 g/mol. The van der Waals surface area contributed by atoms with Gasteiger partial charge >= 0.3 is 0 Å². The lowest BCUT2D eigenvalue weighted by molar-refractivity contribution is 0.306. The summed E-state index contributed by atoms with van der Waals surface area (Å²) in [5.41, 5.74) is 10.2. The molecule has 32 heavy (non-hydrogen) atoms. The van der Waals surface area contributed by atoms with Crippen molar-refractivity contribution in [2.75, 3.05) is 5.32 Å². The van der Waals surface area contributed by atoms with E-state index < -0.39 is 0 Å². The molecule has 160 valence electrons. The number of hydrogen-bond acceptors (Lipinski definition) is 3. The molecule has 4 aromatic carbocycles. The Morgan fingerprint density at radius 2 is 1.47 bits per heavy atom. The summed E-state index contributed by atoms with van der Waals surface area (Å²) in [6, 6.07) is 36.3. The Kier molecular flexibility index (Phi) is 7.45. The van der Waals surface area contributed by atoms with Crippen molar-refractivity contribution in [2.45, 2.75) is 17.3 Å². The van der Waals surface area contributed by atoms with Crippen molar-refractivity contribution in [1.82, 2.24) is 0 Å². The summed E-state index contributed by atoms with van der Waals surface area (Å²) in [5, 5.41) is 3.13. The molecular formula is C27H25N3OS. The largest absolute Gasteiger partial charge is 0.489 e. The molecule has 0 aliphatic heterocycles. The van der Waals surface area contributed by atoms with E-state index in [0.717, 1.165) is 28.4 Å². The minimum atomic E-state index is 0.329. The number of ether oxygens (including phenoxy) is 1. The van der Waals surface area contributed by atoms with Crippen molar-refractivity contribution >= 4 is 29.1 Å². The predicted octanol–water partition coefficient (Wildman–Crippen LogP) is 6.62. The van der Waals surface area contributed by atoms with Gasteiger partial charge in [0.05, 0.1) is 5.69 Å². The molecule has 0 radical (unpaired) electrons. The van der Waals surface area contributed by atoms with Crippen molar-refractivity contribution in [3.63, 3.8) is 0 Å². The molecule has 4 rings (SSSR count). The van der Waals surface area contributed by atoms with Gasteiger partial charge in [-0.3, -0.25) is 0 Å². The Morgan fingerprint density at radius 1 is 0.781 bits per heavy atom. The summed E-state index contributed by atoms with van der Waals surface area (Å²) in [4.78, 5) is 5.67. The van der Waals surface area contributed by atoms with E-state index in [2.05, 4.69) is 46.7 Å². The molecule has 3 N–H and O–H groups in total. The maximum atomic E-state index is 6.12. The number of benzene rings is 4. The topological polar surface area (TPSA) is 59.6 Å². The molecule has 0 aromatic heterocycles. The van der Waals surface area contributed by atoms with E-state index >= 15 is 0 Å². The van der Waals surface area contributed by atoms with Gasteiger partial charge in [-0.05, 0) is 47.5 Å². The molecule has 0 aliphatic carbocycles. The second-order valence-electron chi connectivity index (χ2n) is 7.19. The van der Waals surface area contributed by atoms with Crippen molar-refractivity contribution < 1.29 is 4.74 Å². The van der Waals surface area contributed by atoms with Gasteiger partial charge in [-0.25, -0.2) is 4.99 Å². The summed E-state index contributed by atoms with van der Waals surface area (Å²) in [6.45, 7) is 0.516. The predicted molar refractivity (Wildman–Crippen MR) is 135 cm³/mol. The van der Waals surface area contributed by atoms with Crippen LogP contribution in [0, 0.1) is 0 Å². The SMILES string of the molecule is NC(=Nc1ccc(SCc2ccccc2)cc1)Nc1cccc(OCc2ccccc2)c1. The molecule has 0 spiro atoms. The van der Waals surface area contributed by atoms with Gasteiger partial charge in [-0.2, -0.15) is 0 Å². The third-order valence-electron chi connectivity index (χ3n) is 4.69. The van der Waals surface area contributed by atoms with Gasteiger partial charge in [-0.15, -0.1) is 11.8 Å². The van der Waals surface area contributed by atoms with E-state index in [1.54, 1.807) is 11.8 Å². The number of nitrogens with zero attached hydrogens (tertiary/aromatic N) is 1. The Bertz CT molecular complexity index is 1150. The Labute approximate surface area is 193 Å².